The predicted octanol–water partition coefficient (Wildman–Crippen LogP) is 2.47. The summed E-state index contributed by atoms with van der Waals surface area (Å²) in [5.41, 5.74) is 0.698. The second kappa shape index (κ2) is 6.76. The molecule has 1 heterocycles. The molecule has 110 valence electrons. The topological polar surface area (TPSA) is 49.8 Å². The van der Waals surface area contributed by atoms with Crippen molar-refractivity contribution in [1.29, 1.82) is 0 Å². The molecule has 1 aromatic rings. The molecule has 0 aliphatic carbocycles. The van der Waals surface area contributed by atoms with Gasteiger partial charge in [-0.25, -0.2) is 8.78 Å². The number of carboxylic acids is 1. The zero-order valence-corrected chi connectivity index (χ0v) is 11.0. The molecule has 1 aliphatic rings. The Morgan fingerprint density at radius 3 is 2.25 bits per heavy atom. The van der Waals surface area contributed by atoms with Crippen molar-refractivity contribution in [2.24, 2.45) is 0 Å². The van der Waals surface area contributed by atoms with E-state index in [0.717, 1.165) is 5.56 Å². The molecule has 2 rings (SSSR count). The Morgan fingerprint density at radius 1 is 1.20 bits per heavy atom. The summed E-state index contributed by atoms with van der Waals surface area (Å²) >= 11 is 0. The first-order valence-electron chi connectivity index (χ1n) is 6.49. The van der Waals surface area contributed by atoms with Gasteiger partial charge in [0, 0.05) is 24.7 Å². The molecule has 1 N–H and O–H groups in total. The number of carbonyl (C=O) groups is 1. The van der Waals surface area contributed by atoms with Crippen molar-refractivity contribution in [3.8, 4) is 0 Å². The van der Waals surface area contributed by atoms with Crippen molar-refractivity contribution in [1.82, 2.24) is 4.90 Å². The van der Waals surface area contributed by atoms with Crippen molar-refractivity contribution in [2.45, 2.75) is 18.9 Å². The Kier molecular flexibility index (Phi) is 5.03. The average molecular weight is 285 g/mol. The normalized spacial score (nSPS) is 18.1. The van der Waals surface area contributed by atoms with E-state index in [1.165, 1.54) is 12.1 Å². The van der Waals surface area contributed by atoms with E-state index in [2.05, 4.69) is 0 Å². The molecule has 0 radical (unpaired) electrons. The van der Waals surface area contributed by atoms with Gasteiger partial charge in [0.05, 0.1) is 19.6 Å². The molecule has 0 aromatic heterocycles. The first-order valence-corrected chi connectivity index (χ1v) is 6.49. The molecule has 4 nitrogen and oxygen atoms in total. The second-order valence-electron chi connectivity index (χ2n) is 4.73. The largest absolute Gasteiger partial charge is 0.481 e. The number of ether oxygens (including phenoxy) is 1. The minimum atomic E-state index is -2.51. The van der Waals surface area contributed by atoms with Gasteiger partial charge >= 0.3 is 5.97 Å². The van der Waals surface area contributed by atoms with Gasteiger partial charge in [-0.2, -0.15) is 0 Å². The Bertz CT molecular complexity index is 444. The van der Waals surface area contributed by atoms with Crippen LogP contribution in [0.15, 0.2) is 24.3 Å². The number of morpholine rings is 1. The van der Waals surface area contributed by atoms with Gasteiger partial charge in [0.2, 0.25) is 0 Å². The molecule has 6 heteroatoms. The first-order chi connectivity index (χ1) is 9.58. The van der Waals surface area contributed by atoms with Crippen molar-refractivity contribution >= 4 is 5.97 Å². The quantitative estimate of drug-likeness (QED) is 0.903. The van der Waals surface area contributed by atoms with Gasteiger partial charge in [0.1, 0.15) is 0 Å². The average Bonchev–Trinajstić information content (AvgIpc) is 2.45. The molecule has 1 unspecified atom stereocenters. The SMILES string of the molecule is O=C(O)CC(c1ccc(C(F)F)cc1)N1CCOCC1. The van der Waals surface area contributed by atoms with Crippen LogP contribution in [-0.4, -0.2) is 42.3 Å². The van der Waals surface area contributed by atoms with Crippen LogP contribution in [0.2, 0.25) is 0 Å². The van der Waals surface area contributed by atoms with E-state index in [9.17, 15) is 13.6 Å². The number of carboxylic acid groups (broad SMARTS) is 1. The van der Waals surface area contributed by atoms with Gasteiger partial charge in [0.25, 0.3) is 6.43 Å². The number of alkyl halides is 2. The van der Waals surface area contributed by atoms with Crippen molar-refractivity contribution in [2.75, 3.05) is 26.3 Å². The number of hydrogen-bond donors (Lipinski definition) is 1. The summed E-state index contributed by atoms with van der Waals surface area (Å²) in [5, 5.41) is 9.04. The number of nitrogens with zero attached hydrogens (tertiary/aromatic N) is 1. The molecule has 0 bridgehead atoms. The minimum absolute atomic E-state index is 0.0476. The molecule has 1 aromatic carbocycles. The number of rotatable bonds is 5. The van der Waals surface area contributed by atoms with Gasteiger partial charge in [-0.15, -0.1) is 0 Å². The third-order valence-electron chi connectivity index (χ3n) is 3.43. The maximum absolute atomic E-state index is 12.5. The Labute approximate surface area is 116 Å². The van der Waals surface area contributed by atoms with Gasteiger partial charge in [0.15, 0.2) is 0 Å². The first kappa shape index (κ1) is 14.9. The van der Waals surface area contributed by atoms with E-state index in [-0.39, 0.29) is 18.0 Å². The molecule has 0 amide bonds. The van der Waals surface area contributed by atoms with E-state index in [1.54, 1.807) is 12.1 Å². The van der Waals surface area contributed by atoms with E-state index in [4.69, 9.17) is 9.84 Å². The summed E-state index contributed by atoms with van der Waals surface area (Å²) in [6.07, 6.45) is -2.56. The van der Waals surface area contributed by atoms with E-state index in [0.29, 0.717) is 26.3 Å². The fraction of sp³-hybridized carbons (Fsp3) is 0.500. The van der Waals surface area contributed by atoms with Crippen LogP contribution in [0.1, 0.15) is 30.0 Å². The predicted molar refractivity (Wildman–Crippen MR) is 68.8 cm³/mol. The fourth-order valence-electron chi connectivity index (χ4n) is 2.38. The Balaban J connectivity index is 2.18. The number of aliphatic carboxylic acids is 1. The van der Waals surface area contributed by atoms with Crippen LogP contribution in [0.25, 0.3) is 0 Å². The van der Waals surface area contributed by atoms with Crippen LogP contribution in [0.4, 0.5) is 8.78 Å². The van der Waals surface area contributed by atoms with Crippen molar-refractivity contribution < 1.29 is 23.4 Å². The van der Waals surface area contributed by atoms with Gasteiger partial charge in [-0.1, -0.05) is 24.3 Å². The van der Waals surface area contributed by atoms with Crippen LogP contribution in [-0.2, 0) is 9.53 Å². The maximum Gasteiger partial charge on any atom is 0.305 e. The zero-order valence-electron chi connectivity index (χ0n) is 11.0. The summed E-state index contributed by atoms with van der Waals surface area (Å²) in [5.74, 6) is -0.903. The highest BCUT2D eigenvalue weighted by Gasteiger charge is 2.25. The standard InChI is InChI=1S/C14H17F2NO3/c15-14(16)11-3-1-10(2-4-11)12(9-13(18)19)17-5-7-20-8-6-17/h1-4,12,14H,5-9H2,(H,18,19). The van der Waals surface area contributed by atoms with Crippen LogP contribution < -0.4 is 0 Å². The lowest BCUT2D eigenvalue weighted by Crippen LogP contribution is -2.39. The minimum Gasteiger partial charge on any atom is -0.481 e. The zero-order chi connectivity index (χ0) is 14.5. The van der Waals surface area contributed by atoms with Crippen molar-refractivity contribution in [3.05, 3.63) is 35.4 Å². The third kappa shape index (κ3) is 3.74. The Morgan fingerprint density at radius 2 is 1.75 bits per heavy atom. The highest BCUT2D eigenvalue weighted by atomic mass is 19.3. The number of halogens is 2. The molecule has 1 aliphatic heterocycles. The van der Waals surface area contributed by atoms with Crippen LogP contribution in [0, 0.1) is 0 Å². The third-order valence-corrected chi connectivity index (χ3v) is 3.43. The van der Waals surface area contributed by atoms with Gasteiger partial charge in [-0.05, 0) is 5.56 Å². The molecule has 1 fully saturated rings. The lowest BCUT2D eigenvalue weighted by atomic mass is 10.00. The van der Waals surface area contributed by atoms with Crippen LogP contribution in [0.3, 0.4) is 0 Å². The molecule has 1 saturated heterocycles. The Hall–Kier alpha value is -1.53. The second-order valence-corrected chi connectivity index (χ2v) is 4.73. The lowest BCUT2D eigenvalue weighted by molar-refractivity contribution is -0.139. The molecular formula is C14H17F2NO3. The highest BCUT2D eigenvalue weighted by Crippen LogP contribution is 2.27. The van der Waals surface area contributed by atoms with Gasteiger partial charge < -0.3 is 9.84 Å². The summed E-state index contributed by atoms with van der Waals surface area (Å²) < 4.78 is 30.3. The summed E-state index contributed by atoms with van der Waals surface area (Å²) in [4.78, 5) is 13.0. The maximum atomic E-state index is 12.5. The van der Waals surface area contributed by atoms with Gasteiger partial charge in [-0.3, -0.25) is 9.69 Å². The van der Waals surface area contributed by atoms with Crippen molar-refractivity contribution in [3.63, 3.8) is 0 Å². The smallest absolute Gasteiger partial charge is 0.305 e. The van der Waals surface area contributed by atoms with Crippen LogP contribution >= 0.6 is 0 Å². The van der Waals surface area contributed by atoms with E-state index in [1.807, 2.05) is 4.90 Å². The molecule has 0 spiro atoms. The molecule has 0 saturated carbocycles. The lowest BCUT2D eigenvalue weighted by Gasteiger charge is -2.34. The van der Waals surface area contributed by atoms with E-state index >= 15 is 0 Å². The number of hydrogen-bond acceptors (Lipinski definition) is 3. The van der Waals surface area contributed by atoms with E-state index < -0.39 is 12.4 Å². The monoisotopic (exact) mass is 285 g/mol. The molecule has 1 atom stereocenters. The summed E-state index contributed by atoms with van der Waals surface area (Å²) in [7, 11) is 0. The molecule has 20 heavy (non-hydrogen) atoms. The molecular weight excluding hydrogens is 268 g/mol. The highest BCUT2D eigenvalue weighted by molar-refractivity contribution is 5.68. The number of benzene rings is 1. The van der Waals surface area contributed by atoms with Crippen LogP contribution in [0.5, 0.6) is 0 Å². The fourth-order valence-corrected chi connectivity index (χ4v) is 2.38. The summed E-state index contributed by atoms with van der Waals surface area (Å²) in [6, 6.07) is 5.59. The summed E-state index contributed by atoms with van der Waals surface area (Å²) in [6.45, 7) is 2.42.